The van der Waals surface area contributed by atoms with E-state index in [1.165, 1.54) is 0 Å². The van der Waals surface area contributed by atoms with Gasteiger partial charge in [-0.15, -0.1) is 0 Å². The van der Waals surface area contributed by atoms with Crippen molar-refractivity contribution in [2.75, 3.05) is 18.4 Å². The second-order valence-corrected chi connectivity index (χ2v) is 9.81. The van der Waals surface area contributed by atoms with E-state index in [1.807, 2.05) is 86.6 Å². The highest BCUT2D eigenvalue weighted by Crippen LogP contribution is 2.27. The summed E-state index contributed by atoms with van der Waals surface area (Å²) in [6.07, 6.45) is 0. The van der Waals surface area contributed by atoms with E-state index in [4.69, 9.17) is 5.10 Å². The number of carbonyl (C=O) groups is 2. The fraction of sp³-hybridized carbons (Fsp3) is 0.276. The smallest absolute Gasteiger partial charge is 0.254 e. The number of aromatic nitrogens is 2. The summed E-state index contributed by atoms with van der Waals surface area (Å²) < 4.78 is 1.75. The number of amides is 2. The van der Waals surface area contributed by atoms with Crippen LogP contribution in [-0.4, -0.2) is 39.6 Å². The zero-order valence-corrected chi connectivity index (χ0v) is 21.0. The lowest BCUT2D eigenvalue weighted by atomic mass is 9.92. The molecule has 0 saturated carbocycles. The quantitative estimate of drug-likeness (QED) is 0.393. The Bertz CT molecular complexity index is 1360. The lowest BCUT2D eigenvalue weighted by Crippen LogP contribution is -2.38. The molecule has 0 aliphatic heterocycles. The molecule has 0 fully saturated rings. The van der Waals surface area contributed by atoms with E-state index in [9.17, 15) is 9.59 Å². The van der Waals surface area contributed by atoms with Crippen molar-refractivity contribution in [1.29, 1.82) is 0 Å². The normalized spacial score (nSPS) is 11.5. The molecule has 0 aliphatic carbocycles. The molecule has 6 heteroatoms. The molecule has 0 atom stereocenters. The van der Waals surface area contributed by atoms with Crippen LogP contribution in [0.3, 0.4) is 0 Å². The number of nitrogens with zero attached hydrogens (tertiary/aromatic N) is 3. The van der Waals surface area contributed by atoms with Gasteiger partial charge in [-0.25, -0.2) is 4.68 Å². The number of carbonyl (C=O) groups excluding carboxylic acids is 2. The van der Waals surface area contributed by atoms with Crippen LogP contribution in [0.25, 0.3) is 16.5 Å². The molecule has 0 unspecified atom stereocenters. The van der Waals surface area contributed by atoms with Crippen LogP contribution in [0.5, 0.6) is 0 Å². The van der Waals surface area contributed by atoms with E-state index in [1.54, 1.807) is 9.58 Å². The monoisotopic (exact) mass is 468 g/mol. The Morgan fingerprint density at radius 3 is 2.34 bits per heavy atom. The maximum absolute atomic E-state index is 13.4. The molecule has 0 radical (unpaired) electrons. The minimum atomic E-state index is -0.269. The largest absolute Gasteiger partial charge is 0.330 e. The zero-order chi connectivity index (χ0) is 25.2. The van der Waals surface area contributed by atoms with Crippen LogP contribution < -0.4 is 5.32 Å². The third-order valence-electron chi connectivity index (χ3n) is 6.05. The Hall–Kier alpha value is -3.93. The summed E-state index contributed by atoms with van der Waals surface area (Å²) >= 11 is 0. The number of fused-ring (bicyclic) bond motifs is 1. The maximum atomic E-state index is 13.4. The van der Waals surface area contributed by atoms with Crippen molar-refractivity contribution < 1.29 is 9.59 Å². The average molecular weight is 469 g/mol. The summed E-state index contributed by atoms with van der Waals surface area (Å²) in [7, 11) is 0. The number of aryl methyl sites for hydroxylation is 1. The summed E-state index contributed by atoms with van der Waals surface area (Å²) in [5.41, 5.74) is 3.29. The van der Waals surface area contributed by atoms with Crippen LogP contribution in [0.4, 0.5) is 5.82 Å². The molecule has 0 saturated heterocycles. The molecule has 1 aromatic heterocycles. The summed E-state index contributed by atoms with van der Waals surface area (Å²) in [4.78, 5) is 28.1. The van der Waals surface area contributed by atoms with E-state index in [-0.39, 0.29) is 23.8 Å². The van der Waals surface area contributed by atoms with Crippen LogP contribution in [0.15, 0.2) is 72.8 Å². The van der Waals surface area contributed by atoms with Gasteiger partial charge in [0.25, 0.3) is 5.91 Å². The first-order valence-electron chi connectivity index (χ1n) is 11.9. The van der Waals surface area contributed by atoms with Gasteiger partial charge in [-0.2, -0.15) is 5.10 Å². The summed E-state index contributed by atoms with van der Waals surface area (Å²) in [5, 5.41) is 9.64. The molecule has 1 N–H and O–H groups in total. The molecular formula is C29H32N4O2. The van der Waals surface area contributed by atoms with E-state index in [0.29, 0.717) is 17.9 Å². The Labute approximate surface area is 206 Å². The van der Waals surface area contributed by atoms with Crippen LogP contribution in [-0.2, 0) is 10.2 Å². The molecule has 0 spiro atoms. The summed E-state index contributed by atoms with van der Waals surface area (Å²) in [5.74, 6) is 0.147. The number of anilines is 1. The molecule has 0 aliphatic rings. The molecule has 4 aromatic rings. The highest BCUT2D eigenvalue weighted by Gasteiger charge is 2.23. The number of hydrogen-bond acceptors (Lipinski definition) is 3. The zero-order valence-electron chi connectivity index (χ0n) is 21.0. The molecule has 35 heavy (non-hydrogen) atoms. The second kappa shape index (κ2) is 9.74. The Morgan fingerprint density at radius 2 is 1.66 bits per heavy atom. The van der Waals surface area contributed by atoms with Crippen molar-refractivity contribution in [3.8, 4) is 5.69 Å². The van der Waals surface area contributed by atoms with Gasteiger partial charge in [0.2, 0.25) is 5.91 Å². The molecule has 1 heterocycles. The SMILES string of the molecule is CCN(CC(=O)Nc1cc(C(C)(C)C)nn1-c1ccc(C)cc1)C(=O)c1cccc2ccccc12. The van der Waals surface area contributed by atoms with E-state index in [0.717, 1.165) is 27.7 Å². The first kappa shape index (κ1) is 24.2. The lowest BCUT2D eigenvalue weighted by Gasteiger charge is -2.21. The van der Waals surface area contributed by atoms with Gasteiger partial charge in [0.05, 0.1) is 11.4 Å². The van der Waals surface area contributed by atoms with Gasteiger partial charge in [-0.1, -0.05) is 74.9 Å². The van der Waals surface area contributed by atoms with Crippen LogP contribution in [0, 0.1) is 6.92 Å². The van der Waals surface area contributed by atoms with Gasteiger partial charge in [0, 0.05) is 23.6 Å². The van der Waals surface area contributed by atoms with Gasteiger partial charge < -0.3 is 10.2 Å². The predicted octanol–water partition coefficient (Wildman–Crippen LogP) is 5.73. The van der Waals surface area contributed by atoms with Crippen molar-refractivity contribution in [2.45, 2.75) is 40.0 Å². The highest BCUT2D eigenvalue weighted by atomic mass is 16.2. The molecule has 4 rings (SSSR count). The molecule has 0 bridgehead atoms. The number of hydrogen-bond donors (Lipinski definition) is 1. The number of likely N-dealkylation sites (N-methyl/N-ethyl adjacent to an activating group) is 1. The Kier molecular flexibility index (Phi) is 6.74. The molecule has 2 amide bonds. The number of benzene rings is 3. The van der Waals surface area contributed by atoms with Crippen molar-refractivity contribution >= 4 is 28.4 Å². The van der Waals surface area contributed by atoms with Crippen molar-refractivity contribution in [3.63, 3.8) is 0 Å². The third-order valence-corrected chi connectivity index (χ3v) is 6.05. The Morgan fingerprint density at radius 1 is 0.971 bits per heavy atom. The van der Waals surface area contributed by atoms with Gasteiger partial charge in [0.1, 0.15) is 12.4 Å². The van der Waals surface area contributed by atoms with Crippen molar-refractivity contribution in [2.24, 2.45) is 0 Å². The standard InChI is InChI=1S/C29H32N4O2/c1-6-32(28(35)24-13-9-11-21-10-7-8-12-23(21)24)19-27(34)30-26-18-25(29(3,4)5)31-33(26)22-16-14-20(2)15-17-22/h7-18H,6,19H2,1-5H3,(H,30,34). The number of nitrogens with one attached hydrogen (secondary N) is 1. The predicted molar refractivity (Wildman–Crippen MR) is 141 cm³/mol. The molecule has 6 nitrogen and oxygen atoms in total. The maximum Gasteiger partial charge on any atom is 0.254 e. The van der Waals surface area contributed by atoms with Crippen LogP contribution >= 0.6 is 0 Å². The van der Waals surface area contributed by atoms with Crippen LogP contribution in [0.2, 0.25) is 0 Å². The van der Waals surface area contributed by atoms with E-state index < -0.39 is 0 Å². The summed E-state index contributed by atoms with van der Waals surface area (Å²) in [6.45, 7) is 10.5. The van der Waals surface area contributed by atoms with Crippen molar-refractivity contribution in [3.05, 3.63) is 89.6 Å². The average Bonchev–Trinajstić information content (AvgIpc) is 3.26. The third kappa shape index (κ3) is 5.27. The molecule has 3 aromatic carbocycles. The Balaban J connectivity index is 1.59. The van der Waals surface area contributed by atoms with Gasteiger partial charge in [-0.05, 0) is 42.8 Å². The van der Waals surface area contributed by atoms with Gasteiger partial charge in [0.15, 0.2) is 0 Å². The molecule has 180 valence electrons. The van der Waals surface area contributed by atoms with Gasteiger partial charge >= 0.3 is 0 Å². The topological polar surface area (TPSA) is 67.2 Å². The minimum absolute atomic E-state index is 0.0531. The van der Waals surface area contributed by atoms with E-state index >= 15 is 0 Å². The minimum Gasteiger partial charge on any atom is -0.330 e. The van der Waals surface area contributed by atoms with Gasteiger partial charge in [-0.3, -0.25) is 9.59 Å². The van der Waals surface area contributed by atoms with Crippen LogP contribution in [0.1, 0.15) is 49.3 Å². The molecular weight excluding hydrogens is 436 g/mol. The second-order valence-electron chi connectivity index (χ2n) is 9.81. The van der Waals surface area contributed by atoms with E-state index in [2.05, 4.69) is 26.1 Å². The summed E-state index contributed by atoms with van der Waals surface area (Å²) in [6, 6.07) is 23.3. The fourth-order valence-electron chi connectivity index (χ4n) is 3.98. The van der Waals surface area contributed by atoms with Crippen molar-refractivity contribution in [1.82, 2.24) is 14.7 Å². The number of rotatable bonds is 6. The first-order valence-corrected chi connectivity index (χ1v) is 11.9. The lowest BCUT2D eigenvalue weighted by molar-refractivity contribution is -0.116. The fourth-order valence-corrected chi connectivity index (χ4v) is 3.98. The first-order chi connectivity index (χ1) is 16.7. The highest BCUT2D eigenvalue weighted by molar-refractivity contribution is 6.08.